The first kappa shape index (κ1) is 22.9. The standard InChI is InChI=1S/C23H30ClNO2.ClH/c1-2-26-22-15-19(16-25-20-12-8-3-4-9-13-20)14-21(24)23(22)27-17-18-10-6-5-7-11-18;/h5-7,10-11,14-15,20,25H,2-4,8-9,12-13,16-17H2,1H3;1H. The van der Waals surface area contributed by atoms with Crippen LogP contribution >= 0.6 is 24.0 Å². The summed E-state index contributed by atoms with van der Waals surface area (Å²) in [7, 11) is 0. The van der Waals surface area contributed by atoms with Crippen LogP contribution in [0.1, 0.15) is 56.6 Å². The lowest BCUT2D eigenvalue weighted by Crippen LogP contribution is -2.27. The number of hydrogen-bond acceptors (Lipinski definition) is 3. The SMILES string of the molecule is CCOc1cc(CNC2CCCCCC2)cc(Cl)c1OCc1ccccc1.Cl. The number of ether oxygens (including phenoxy) is 2. The Morgan fingerprint density at radius 3 is 2.36 bits per heavy atom. The molecule has 3 rings (SSSR count). The third kappa shape index (κ3) is 6.88. The Kier molecular flexibility index (Phi) is 9.97. The van der Waals surface area contributed by atoms with Gasteiger partial charge in [0.05, 0.1) is 11.6 Å². The number of rotatable bonds is 8. The second-order valence-electron chi connectivity index (χ2n) is 7.18. The molecule has 1 aliphatic rings. The van der Waals surface area contributed by atoms with Crippen molar-refractivity contribution in [1.29, 1.82) is 0 Å². The highest BCUT2D eigenvalue weighted by Gasteiger charge is 2.15. The van der Waals surface area contributed by atoms with Crippen molar-refractivity contribution in [3.8, 4) is 11.5 Å². The summed E-state index contributed by atoms with van der Waals surface area (Å²) in [5, 5.41) is 4.30. The molecule has 1 saturated carbocycles. The van der Waals surface area contributed by atoms with Crippen LogP contribution in [0.15, 0.2) is 42.5 Å². The third-order valence-corrected chi connectivity index (χ3v) is 5.33. The van der Waals surface area contributed by atoms with Gasteiger partial charge in [-0.15, -0.1) is 12.4 Å². The molecule has 0 radical (unpaired) electrons. The molecule has 0 aliphatic heterocycles. The molecule has 0 saturated heterocycles. The lowest BCUT2D eigenvalue weighted by molar-refractivity contribution is 0.269. The Morgan fingerprint density at radius 2 is 1.68 bits per heavy atom. The summed E-state index contributed by atoms with van der Waals surface area (Å²) in [5.41, 5.74) is 2.25. The fraction of sp³-hybridized carbons (Fsp3) is 0.478. The first-order valence-electron chi connectivity index (χ1n) is 10.1. The normalized spacial score (nSPS) is 14.8. The molecule has 3 nitrogen and oxygen atoms in total. The van der Waals surface area contributed by atoms with Gasteiger partial charge in [-0.25, -0.2) is 0 Å². The monoisotopic (exact) mass is 423 g/mol. The second kappa shape index (κ2) is 12.2. The molecule has 0 unspecified atom stereocenters. The first-order chi connectivity index (χ1) is 13.3. The van der Waals surface area contributed by atoms with Crippen molar-refractivity contribution in [1.82, 2.24) is 5.32 Å². The van der Waals surface area contributed by atoms with Gasteiger partial charge in [0.1, 0.15) is 6.61 Å². The highest BCUT2D eigenvalue weighted by atomic mass is 35.5. The van der Waals surface area contributed by atoms with Gasteiger partial charge in [-0.3, -0.25) is 0 Å². The minimum Gasteiger partial charge on any atom is -0.490 e. The zero-order valence-corrected chi connectivity index (χ0v) is 18.2. The van der Waals surface area contributed by atoms with E-state index < -0.39 is 0 Å². The van der Waals surface area contributed by atoms with Crippen LogP contribution in [0.2, 0.25) is 5.02 Å². The topological polar surface area (TPSA) is 30.5 Å². The van der Waals surface area contributed by atoms with E-state index in [-0.39, 0.29) is 12.4 Å². The summed E-state index contributed by atoms with van der Waals surface area (Å²) >= 11 is 6.55. The number of halogens is 2. The van der Waals surface area contributed by atoms with Crippen molar-refractivity contribution in [2.45, 2.75) is 64.6 Å². The van der Waals surface area contributed by atoms with Gasteiger partial charge in [-0.1, -0.05) is 67.6 Å². The summed E-state index contributed by atoms with van der Waals surface area (Å²) in [5.74, 6) is 1.35. The van der Waals surface area contributed by atoms with Crippen molar-refractivity contribution in [3.05, 3.63) is 58.6 Å². The minimum atomic E-state index is 0. The molecule has 2 aromatic carbocycles. The lowest BCUT2D eigenvalue weighted by atomic mass is 10.1. The van der Waals surface area contributed by atoms with E-state index in [1.807, 2.05) is 43.3 Å². The maximum atomic E-state index is 6.55. The van der Waals surface area contributed by atoms with Crippen LogP contribution in [0.3, 0.4) is 0 Å². The zero-order valence-electron chi connectivity index (χ0n) is 16.6. The molecule has 2 aromatic rings. The predicted octanol–water partition coefficient (Wildman–Crippen LogP) is 6.55. The molecule has 0 spiro atoms. The molecule has 0 atom stereocenters. The fourth-order valence-electron chi connectivity index (χ4n) is 3.60. The first-order valence-corrected chi connectivity index (χ1v) is 10.5. The van der Waals surface area contributed by atoms with E-state index in [9.17, 15) is 0 Å². The maximum absolute atomic E-state index is 6.55. The van der Waals surface area contributed by atoms with E-state index in [2.05, 4.69) is 11.4 Å². The molecular formula is C23H31Cl2NO2. The second-order valence-corrected chi connectivity index (χ2v) is 7.59. The van der Waals surface area contributed by atoms with Gasteiger partial charge in [0.25, 0.3) is 0 Å². The Labute approximate surface area is 180 Å². The summed E-state index contributed by atoms with van der Waals surface area (Å²) in [6, 6.07) is 14.7. The number of benzene rings is 2. The zero-order chi connectivity index (χ0) is 18.9. The third-order valence-electron chi connectivity index (χ3n) is 5.05. The molecule has 0 bridgehead atoms. The minimum absolute atomic E-state index is 0. The molecule has 5 heteroatoms. The highest BCUT2D eigenvalue weighted by Crippen LogP contribution is 2.37. The molecule has 0 amide bonds. The molecule has 154 valence electrons. The number of nitrogens with one attached hydrogen (secondary N) is 1. The van der Waals surface area contributed by atoms with Crippen molar-refractivity contribution in [2.24, 2.45) is 0 Å². The van der Waals surface area contributed by atoms with Gasteiger partial charge in [0.15, 0.2) is 11.5 Å². The molecular weight excluding hydrogens is 393 g/mol. The Bertz CT molecular complexity index is 701. The van der Waals surface area contributed by atoms with Gasteiger partial charge in [-0.05, 0) is 43.0 Å². The van der Waals surface area contributed by atoms with Crippen LogP contribution in [0.5, 0.6) is 11.5 Å². The van der Waals surface area contributed by atoms with Crippen molar-refractivity contribution in [3.63, 3.8) is 0 Å². The fourth-order valence-corrected chi connectivity index (χ4v) is 3.89. The molecule has 0 heterocycles. The van der Waals surface area contributed by atoms with E-state index in [1.54, 1.807) is 0 Å². The smallest absolute Gasteiger partial charge is 0.180 e. The van der Waals surface area contributed by atoms with E-state index in [0.29, 0.717) is 30.0 Å². The largest absolute Gasteiger partial charge is 0.490 e. The average molecular weight is 424 g/mol. The summed E-state index contributed by atoms with van der Waals surface area (Å²) in [6.07, 6.45) is 7.93. The van der Waals surface area contributed by atoms with E-state index in [1.165, 1.54) is 38.5 Å². The van der Waals surface area contributed by atoms with Crippen LogP contribution in [-0.2, 0) is 13.2 Å². The van der Waals surface area contributed by atoms with Crippen molar-refractivity contribution < 1.29 is 9.47 Å². The van der Waals surface area contributed by atoms with Crippen LogP contribution in [0.25, 0.3) is 0 Å². The van der Waals surface area contributed by atoms with Gasteiger partial charge in [0, 0.05) is 12.6 Å². The molecule has 0 aromatic heterocycles. The summed E-state index contributed by atoms with van der Waals surface area (Å²) in [4.78, 5) is 0. The van der Waals surface area contributed by atoms with Gasteiger partial charge >= 0.3 is 0 Å². The van der Waals surface area contributed by atoms with Gasteiger partial charge < -0.3 is 14.8 Å². The molecule has 1 N–H and O–H groups in total. The molecule has 1 fully saturated rings. The van der Waals surface area contributed by atoms with Crippen LogP contribution in [-0.4, -0.2) is 12.6 Å². The Balaban J connectivity index is 0.00000280. The van der Waals surface area contributed by atoms with Crippen LogP contribution in [0.4, 0.5) is 0 Å². The van der Waals surface area contributed by atoms with E-state index in [0.717, 1.165) is 23.4 Å². The van der Waals surface area contributed by atoms with Gasteiger partial charge in [-0.2, -0.15) is 0 Å². The summed E-state index contributed by atoms with van der Waals surface area (Å²) < 4.78 is 11.8. The number of hydrogen-bond donors (Lipinski definition) is 1. The summed E-state index contributed by atoms with van der Waals surface area (Å²) in [6.45, 7) is 3.84. The van der Waals surface area contributed by atoms with E-state index in [4.69, 9.17) is 21.1 Å². The van der Waals surface area contributed by atoms with Crippen LogP contribution in [0, 0.1) is 0 Å². The van der Waals surface area contributed by atoms with E-state index >= 15 is 0 Å². The van der Waals surface area contributed by atoms with Crippen molar-refractivity contribution in [2.75, 3.05) is 6.61 Å². The molecule has 28 heavy (non-hydrogen) atoms. The molecule has 1 aliphatic carbocycles. The van der Waals surface area contributed by atoms with Crippen molar-refractivity contribution >= 4 is 24.0 Å². The quantitative estimate of drug-likeness (QED) is 0.488. The average Bonchev–Trinajstić information content (AvgIpc) is 2.96. The van der Waals surface area contributed by atoms with Gasteiger partial charge in [0.2, 0.25) is 0 Å². The lowest BCUT2D eigenvalue weighted by Gasteiger charge is -2.18. The predicted molar refractivity (Wildman–Crippen MR) is 119 cm³/mol. The van der Waals surface area contributed by atoms with Crippen LogP contribution < -0.4 is 14.8 Å². The Hall–Kier alpha value is -1.42. The Morgan fingerprint density at radius 1 is 0.964 bits per heavy atom. The maximum Gasteiger partial charge on any atom is 0.180 e. The highest BCUT2D eigenvalue weighted by molar-refractivity contribution is 6.32.